The van der Waals surface area contributed by atoms with Crippen molar-refractivity contribution in [1.29, 1.82) is 0 Å². The van der Waals surface area contributed by atoms with Crippen molar-refractivity contribution in [2.45, 2.75) is 36.1 Å². The lowest BCUT2D eigenvalue weighted by Gasteiger charge is -2.16. The largest absolute Gasteiger partial charge is 0.396 e. The number of hydrogen-bond acceptors (Lipinski definition) is 13. The number of thioether (sulfide) groups is 6. The summed E-state index contributed by atoms with van der Waals surface area (Å²) in [6, 6.07) is 0. The average Bonchev–Trinajstić information content (AvgIpc) is 2.84. The monoisotopic (exact) mass is 650 g/mol. The maximum Gasteiger partial charge on any atom is 0.0720 e. The van der Waals surface area contributed by atoms with E-state index in [1.807, 2.05) is 11.8 Å². The molecule has 0 aromatic heterocycles. The van der Waals surface area contributed by atoms with E-state index in [0.29, 0.717) is 45.0 Å². The summed E-state index contributed by atoms with van der Waals surface area (Å²) in [7, 11) is 0. The highest BCUT2D eigenvalue weighted by Crippen LogP contribution is 2.23. The molecule has 0 saturated carbocycles. The lowest BCUT2D eigenvalue weighted by atomic mass is 10.5. The van der Waals surface area contributed by atoms with Gasteiger partial charge in [0.25, 0.3) is 0 Å². The molecule has 0 aromatic carbocycles. The van der Waals surface area contributed by atoms with Gasteiger partial charge in [0.1, 0.15) is 0 Å². The number of thiol groups is 3. The Balaban J connectivity index is 0. The van der Waals surface area contributed by atoms with Crippen LogP contribution in [0.3, 0.4) is 0 Å². The van der Waals surface area contributed by atoms with E-state index in [1.54, 1.807) is 0 Å². The van der Waals surface area contributed by atoms with E-state index < -0.39 is 0 Å². The van der Waals surface area contributed by atoms with E-state index in [9.17, 15) is 10.2 Å². The minimum Gasteiger partial charge on any atom is -0.396 e. The molecule has 0 heterocycles. The highest BCUT2D eigenvalue weighted by Gasteiger charge is 2.11. The molecule has 0 aliphatic rings. The molecule has 13 heteroatoms. The van der Waals surface area contributed by atoms with Crippen LogP contribution >= 0.6 is 108 Å². The topological polar surface area (TPSA) is 80.9 Å². The predicted molar refractivity (Wildman–Crippen MR) is 180 cm³/mol. The molecule has 4 unspecified atom stereocenters. The molecule has 4 nitrogen and oxygen atoms in total. The quantitative estimate of drug-likeness (QED) is 0.0615. The van der Waals surface area contributed by atoms with Crippen LogP contribution in [0.25, 0.3) is 0 Å². The minimum absolute atomic E-state index is 0.144. The minimum atomic E-state index is -0.381. The zero-order valence-electron chi connectivity index (χ0n) is 20.2. The second-order valence-corrected chi connectivity index (χ2v) is 15.5. The molecule has 0 aromatic rings. The Bertz CT molecular complexity index is 358. The summed E-state index contributed by atoms with van der Waals surface area (Å²) < 4.78 is 0. The van der Waals surface area contributed by atoms with Crippen LogP contribution in [0.5, 0.6) is 0 Å². The molecule has 0 saturated heterocycles. The Morgan fingerprint density at radius 3 is 1.38 bits per heavy atom. The normalized spacial score (nSPS) is 14.8. The maximum absolute atomic E-state index is 9.56. The first-order chi connectivity index (χ1) is 16.5. The summed E-state index contributed by atoms with van der Waals surface area (Å²) in [6.07, 6.45) is 0.499. The van der Waals surface area contributed by atoms with Gasteiger partial charge in [0, 0.05) is 73.8 Å². The van der Waals surface area contributed by atoms with Gasteiger partial charge in [0.15, 0.2) is 0 Å². The molecule has 0 bridgehead atoms. The molecule has 4 N–H and O–H groups in total. The Morgan fingerprint density at radius 2 is 1.00 bits per heavy atom. The van der Waals surface area contributed by atoms with Crippen LogP contribution < -0.4 is 0 Å². The zero-order chi connectivity index (χ0) is 25.9. The summed E-state index contributed by atoms with van der Waals surface area (Å²) >= 11 is 23.8. The van der Waals surface area contributed by atoms with Crippen LogP contribution in [0.1, 0.15) is 13.3 Å². The fourth-order valence-corrected chi connectivity index (χ4v) is 9.75. The van der Waals surface area contributed by atoms with Crippen molar-refractivity contribution in [2.75, 3.05) is 88.0 Å². The molecule has 0 rings (SSSR count). The van der Waals surface area contributed by atoms with Crippen molar-refractivity contribution < 1.29 is 20.4 Å². The van der Waals surface area contributed by atoms with Crippen LogP contribution in [0, 0.1) is 0 Å². The molecular weight excluding hydrogens is 605 g/mol. The highest BCUT2D eigenvalue weighted by molar-refractivity contribution is 8.05. The summed E-state index contributed by atoms with van der Waals surface area (Å²) in [5.74, 6) is 11.5. The van der Waals surface area contributed by atoms with Gasteiger partial charge >= 0.3 is 0 Å². The van der Waals surface area contributed by atoms with Crippen LogP contribution in [-0.4, -0.2) is 131 Å². The fourth-order valence-electron chi connectivity index (χ4n) is 2.15. The maximum atomic E-state index is 9.56. The van der Waals surface area contributed by atoms with Crippen molar-refractivity contribution in [3.05, 3.63) is 0 Å². The van der Waals surface area contributed by atoms with Gasteiger partial charge in [0.2, 0.25) is 0 Å². The molecular formula is C21H46O4S9. The van der Waals surface area contributed by atoms with E-state index in [2.05, 4.69) is 68.3 Å². The Morgan fingerprint density at radius 1 is 0.588 bits per heavy atom. The number of hydrogen-bond donors (Lipinski definition) is 7. The van der Waals surface area contributed by atoms with Gasteiger partial charge in [-0.15, -0.1) is 0 Å². The van der Waals surface area contributed by atoms with E-state index in [4.69, 9.17) is 10.2 Å². The Hall–Kier alpha value is 2.99. The highest BCUT2D eigenvalue weighted by atomic mass is 32.2. The summed E-state index contributed by atoms with van der Waals surface area (Å²) in [4.78, 5) is 0. The van der Waals surface area contributed by atoms with E-state index in [-0.39, 0.29) is 25.4 Å². The van der Waals surface area contributed by atoms with Crippen LogP contribution in [0.2, 0.25) is 0 Å². The molecule has 0 spiro atoms. The van der Waals surface area contributed by atoms with E-state index in [1.165, 1.54) is 59.0 Å². The molecule has 0 radical (unpaired) electrons. The summed E-state index contributed by atoms with van der Waals surface area (Å²) in [6.45, 7) is 2.53. The first kappa shape index (κ1) is 39.1. The fraction of sp³-hybridized carbons (Fsp3) is 1.00. The van der Waals surface area contributed by atoms with Crippen molar-refractivity contribution >= 4 is 108 Å². The smallest absolute Gasteiger partial charge is 0.0720 e. The van der Waals surface area contributed by atoms with E-state index >= 15 is 0 Å². The van der Waals surface area contributed by atoms with Gasteiger partial charge in [-0.25, -0.2) is 0 Å². The molecule has 0 aliphatic heterocycles. The van der Waals surface area contributed by atoms with Crippen molar-refractivity contribution in [3.63, 3.8) is 0 Å². The van der Waals surface area contributed by atoms with Gasteiger partial charge in [0.05, 0.1) is 25.4 Å². The van der Waals surface area contributed by atoms with Crippen molar-refractivity contribution in [3.8, 4) is 0 Å². The van der Waals surface area contributed by atoms with Gasteiger partial charge in [-0.05, 0) is 17.9 Å². The SMILES string of the molecule is CCCSC(CS)CSCC(CS)SCCS.OCCSCC(O)CSCC(O)CSCCO. The molecule has 208 valence electrons. The third-order valence-electron chi connectivity index (χ3n) is 3.73. The third kappa shape index (κ3) is 29.5. The standard InChI is InChI=1S/C11H24S6.C10H22O4S3/c1-2-4-16-10(6-13)8-15-9-11(7-14)17-5-3-12;11-1-3-15-5-9(13)7-17-8-10(14)6-16-4-2-12/h10-14H,2-9H2,1H3;9-14H,1-8H2. The molecule has 34 heavy (non-hydrogen) atoms. The molecule has 0 aliphatic carbocycles. The van der Waals surface area contributed by atoms with Crippen molar-refractivity contribution in [2.24, 2.45) is 0 Å². The van der Waals surface area contributed by atoms with Gasteiger partial charge < -0.3 is 20.4 Å². The summed E-state index contributed by atoms with van der Waals surface area (Å²) in [5, 5.41) is 37.6. The summed E-state index contributed by atoms with van der Waals surface area (Å²) in [5.41, 5.74) is 0. The van der Waals surface area contributed by atoms with Crippen LogP contribution in [-0.2, 0) is 0 Å². The number of aliphatic hydroxyl groups excluding tert-OH is 4. The van der Waals surface area contributed by atoms with Gasteiger partial charge in [-0.1, -0.05) is 6.92 Å². The predicted octanol–water partition coefficient (Wildman–Crippen LogP) is 4.02. The van der Waals surface area contributed by atoms with Crippen molar-refractivity contribution in [1.82, 2.24) is 0 Å². The Kier molecular flexibility index (Phi) is 37.1. The van der Waals surface area contributed by atoms with Gasteiger partial charge in [-0.3, -0.25) is 0 Å². The average molecular weight is 651 g/mol. The lowest BCUT2D eigenvalue weighted by molar-refractivity contribution is 0.220. The van der Waals surface area contributed by atoms with Gasteiger partial charge in [-0.2, -0.15) is 108 Å². The Labute approximate surface area is 250 Å². The number of rotatable bonds is 24. The molecule has 4 atom stereocenters. The zero-order valence-corrected chi connectivity index (χ0v) is 27.8. The second kappa shape index (κ2) is 32.2. The van der Waals surface area contributed by atoms with Crippen LogP contribution in [0.15, 0.2) is 0 Å². The first-order valence-corrected chi connectivity index (χ1v) is 20.0. The number of aliphatic hydroxyl groups is 4. The van der Waals surface area contributed by atoms with E-state index in [0.717, 1.165) is 23.0 Å². The van der Waals surface area contributed by atoms with Crippen LogP contribution in [0.4, 0.5) is 0 Å². The lowest BCUT2D eigenvalue weighted by Crippen LogP contribution is -2.18. The molecule has 0 fully saturated rings. The second-order valence-electron chi connectivity index (χ2n) is 7.05. The third-order valence-corrected chi connectivity index (χ3v) is 13.4. The molecule has 0 amide bonds. The first-order valence-electron chi connectivity index (χ1n) is 11.4.